The van der Waals surface area contributed by atoms with Crippen molar-refractivity contribution in [3.63, 3.8) is 0 Å². The van der Waals surface area contributed by atoms with E-state index in [2.05, 4.69) is 6.92 Å². The first-order valence-electron chi connectivity index (χ1n) is 11.5. The molecule has 1 N–H and O–H groups in total. The van der Waals surface area contributed by atoms with Gasteiger partial charge in [-0.15, -0.1) is 0 Å². The molecule has 1 aliphatic heterocycles. The van der Waals surface area contributed by atoms with Crippen molar-refractivity contribution in [2.75, 3.05) is 0 Å². The van der Waals surface area contributed by atoms with E-state index < -0.39 is 6.10 Å². The first kappa shape index (κ1) is 21.6. The Hall–Kier alpha value is -1.10. The molecule has 0 radical (unpaired) electrons. The molecule has 0 aromatic carbocycles. The fourth-order valence-electron chi connectivity index (χ4n) is 5.91. The van der Waals surface area contributed by atoms with Gasteiger partial charge in [0.15, 0.2) is 0 Å². The second-order valence-electron chi connectivity index (χ2n) is 9.53. The molecule has 0 bridgehead atoms. The van der Waals surface area contributed by atoms with E-state index in [1.54, 1.807) is 0 Å². The lowest BCUT2D eigenvalue weighted by Crippen LogP contribution is -2.45. The van der Waals surface area contributed by atoms with Gasteiger partial charge in [-0.25, -0.2) is 0 Å². The maximum Gasteiger partial charge on any atom is 0.309 e. The van der Waals surface area contributed by atoms with Crippen LogP contribution in [0.4, 0.5) is 0 Å². The number of rotatable bonds is 6. The predicted octanol–water partition coefficient (Wildman–Crippen LogP) is 4.25. The number of hydrogen-bond acceptors (Lipinski definition) is 5. The summed E-state index contributed by atoms with van der Waals surface area (Å²) in [7, 11) is 0. The molecule has 1 saturated heterocycles. The van der Waals surface area contributed by atoms with Crippen molar-refractivity contribution in [2.45, 2.75) is 103 Å². The van der Waals surface area contributed by atoms with Crippen molar-refractivity contribution in [1.82, 2.24) is 0 Å². The fourth-order valence-corrected chi connectivity index (χ4v) is 5.91. The molecule has 0 spiro atoms. The lowest BCUT2D eigenvalue weighted by molar-refractivity contribution is -0.162. The van der Waals surface area contributed by atoms with Crippen LogP contribution in [-0.2, 0) is 19.1 Å². The summed E-state index contributed by atoms with van der Waals surface area (Å²) in [5, 5.41) is 9.89. The average Bonchev–Trinajstić information content (AvgIpc) is 2.65. The summed E-state index contributed by atoms with van der Waals surface area (Å²) < 4.78 is 11.2. The maximum atomic E-state index is 12.9. The van der Waals surface area contributed by atoms with Crippen LogP contribution in [0.3, 0.4) is 0 Å². The van der Waals surface area contributed by atoms with Gasteiger partial charge in [0.2, 0.25) is 0 Å². The standard InChI is InChI=1S/C23H38O5/c1-4-15(3)27-23(26)20-7-5-6-16-9-8-14(2)19(22(16)20)11-10-18-12-17(24)13-21(25)28-18/h14-20,22,24H,4-13H2,1-3H3/t14-,15-,16+,17+,18+,19-,20-,22-/m0/s1. The fraction of sp³-hybridized carbons (Fsp3) is 0.913. The normalized spacial score (nSPS) is 39.6. The number of aliphatic hydroxyl groups excluding tert-OH is 1. The maximum absolute atomic E-state index is 12.9. The van der Waals surface area contributed by atoms with Gasteiger partial charge in [0, 0.05) is 6.42 Å². The van der Waals surface area contributed by atoms with Crippen molar-refractivity contribution < 1.29 is 24.2 Å². The summed E-state index contributed by atoms with van der Waals surface area (Å²) in [4.78, 5) is 24.6. The number of carbonyl (C=O) groups is 2. The lowest BCUT2D eigenvalue weighted by Gasteiger charge is -2.48. The van der Waals surface area contributed by atoms with E-state index in [9.17, 15) is 14.7 Å². The van der Waals surface area contributed by atoms with Crippen LogP contribution in [0.2, 0.25) is 0 Å². The van der Waals surface area contributed by atoms with Crippen LogP contribution in [0.15, 0.2) is 0 Å². The highest BCUT2D eigenvalue weighted by Crippen LogP contribution is 2.51. The van der Waals surface area contributed by atoms with E-state index in [-0.39, 0.29) is 36.5 Å². The molecule has 0 aromatic heterocycles. The van der Waals surface area contributed by atoms with Crippen LogP contribution in [0.25, 0.3) is 0 Å². The zero-order valence-electron chi connectivity index (χ0n) is 17.8. The van der Waals surface area contributed by atoms with Crippen molar-refractivity contribution in [2.24, 2.45) is 29.6 Å². The minimum absolute atomic E-state index is 0.00247. The third kappa shape index (κ3) is 5.08. The number of cyclic esters (lactones) is 1. The number of esters is 2. The number of aliphatic hydroxyl groups is 1. The van der Waals surface area contributed by atoms with Gasteiger partial charge in [0.05, 0.1) is 24.5 Å². The molecule has 0 amide bonds. The summed E-state index contributed by atoms with van der Waals surface area (Å²) in [6, 6.07) is 0. The Morgan fingerprint density at radius 1 is 1.25 bits per heavy atom. The van der Waals surface area contributed by atoms with Crippen molar-refractivity contribution >= 4 is 11.9 Å². The summed E-state index contributed by atoms with van der Waals surface area (Å²) in [5.41, 5.74) is 0. The smallest absolute Gasteiger partial charge is 0.309 e. The number of fused-ring (bicyclic) bond motifs is 1. The number of carbonyl (C=O) groups excluding carboxylic acids is 2. The van der Waals surface area contributed by atoms with Crippen LogP contribution in [0.5, 0.6) is 0 Å². The third-order valence-electron chi connectivity index (χ3n) is 7.57. The zero-order valence-corrected chi connectivity index (χ0v) is 17.8. The Morgan fingerprint density at radius 3 is 2.75 bits per heavy atom. The van der Waals surface area contributed by atoms with E-state index in [0.717, 1.165) is 32.1 Å². The van der Waals surface area contributed by atoms with Gasteiger partial charge in [-0.1, -0.05) is 33.1 Å². The van der Waals surface area contributed by atoms with Crippen LogP contribution in [0, 0.1) is 29.6 Å². The zero-order chi connectivity index (χ0) is 20.3. The van der Waals surface area contributed by atoms with Crippen LogP contribution >= 0.6 is 0 Å². The highest BCUT2D eigenvalue weighted by molar-refractivity contribution is 5.73. The molecular formula is C23H38O5. The van der Waals surface area contributed by atoms with Gasteiger partial charge >= 0.3 is 11.9 Å². The summed E-state index contributed by atoms with van der Waals surface area (Å²) in [5.74, 6) is 1.77. The molecular weight excluding hydrogens is 356 g/mol. The lowest BCUT2D eigenvalue weighted by atomic mass is 9.57. The second kappa shape index (κ2) is 9.60. The Bertz CT molecular complexity index is 547. The van der Waals surface area contributed by atoms with E-state index >= 15 is 0 Å². The number of ether oxygens (including phenoxy) is 2. The van der Waals surface area contributed by atoms with Gasteiger partial charge < -0.3 is 14.6 Å². The molecule has 5 nitrogen and oxygen atoms in total. The van der Waals surface area contributed by atoms with Crippen LogP contribution in [-0.4, -0.2) is 35.4 Å². The molecule has 3 fully saturated rings. The third-order valence-corrected chi connectivity index (χ3v) is 7.57. The molecule has 8 atom stereocenters. The number of hydrogen-bond donors (Lipinski definition) is 1. The largest absolute Gasteiger partial charge is 0.462 e. The van der Waals surface area contributed by atoms with Crippen molar-refractivity contribution in [3.05, 3.63) is 0 Å². The van der Waals surface area contributed by atoms with Gasteiger partial charge in [-0.05, 0) is 62.7 Å². The summed E-state index contributed by atoms with van der Waals surface area (Å²) in [6.45, 7) is 6.34. The highest BCUT2D eigenvalue weighted by atomic mass is 16.5. The first-order valence-corrected chi connectivity index (χ1v) is 11.5. The van der Waals surface area contributed by atoms with E-state index in [0.29, 0.717) is 30.1 Å². The van der Waals surface area contributed by atoms with Gasteiger partial charge in [-0.2, -0.15) is 0 Å². The molecule has 2 saturated carbocycles. The summed E-state index contributed by atoms with van der Waals surface area (Å²) in [6.07, 6.45) is 8.19. The molecule has 28 heavy (non-hydrogen) atoms. The molecule has 2 aliphatic carbocycles. The first-order chi connectivity index (χ1) is 13.4. The van der Waals surface area contributed by atoms with Gasteiger partial charge in [0.1, 0.15) is 6.10 Å². The van der Waals surface area contributed by atoms with E-state index in [4.69, 9.17) is 9.47 Å². The van der Waals surface area contributed by atoms with Gasteiger partial charge in [-0.3, -0.25) is 9.59 Å². The second-order valence-corrected chi connectivity index (χ2v) is 9.53. The minimum Gasteiger partial charge on any atom is -0.462 e. The molecule has 3 aliphatic rings. The van der Waals surface area contributed by atoms with Crippen molar-refractivity contribution in [1.29, 1.82) is 0 Å². The van der Waals surface area contributed by atoms with Crippen LogP contribution in [0.1, 0.15) is 85.0 Å². The monoisotopic (exact) mass is 394 g/mol. The Balaban J connectivity index is 1.68. The Labute approximate surface area is 169 Å². The topological polar surface area (TPSA) is 72.8 Å². The Kier molecular flexibility index (Phi) is 7.41. The van der Waals surface area contributed by atoms with Crippen LogP contribution < -0.4 is 0 Å². The van der Waals surface area contributed by atoms with Crippen molar-refractivity contribution in [3.8, 4) is 0 Å². The Morgan fingerprint density at radius 2 is 2.04 bits per heavy atom. The molecule has 1 heterocycles. The van der Waals surface area contributed by atoms with E-state index in [1.807, 2.05) is 13.8 Å². The summed E-state index contributed by atoms with van der Waals surface area (Å²) >= 11 is 0. The molecule has 0 aromatic rings. The highest BCUT2D eigenvalue weighted by Gasteiger charge is 2.47. The molecule has 3 rings (SSSR count). The molecule has 5 heteroatoms. The predicted molar refractivity (Wildman–Crippen MR) is 106 cm³/mol. The SMILES string of the molecule is CC[C@H](C)OC(=O)[C@H]1CCC[C@@H]2CC[C@H](C)[C@H](CC[C@@H]3C[C@@H](O)CC(=O)O3)[C@H]21. The van der Waals surface area contributed by atoms with E-state index in [1.165, 1.54) is 19.3 Å². The molecule has 0 unspecified atom stereocenters. The van der Waals surface area contributed by atoms with Gasteiger partial charge in [0.25, 0.3) is 0 Å². The minimum atomic E-state index is -0.573. The quantitative estimate of drug-likeness (QED) is 0.682. The average molecular weight is 395 g/mol. The molecule has 160 valence electrons.